The number of fused-ring (bicyclic) bond motifs is 1. The third-order valence-corrected chi connectivity index (χ3v) is 3.52. The molecule has 3 N–H and O–H groups in total. The largest absolute Gasteiger partial charge is 0.376 e. The summed E-state index contributed by atoms with van der Waals surface area (Å²) >= 11 is 0. The highest BCUT2D eigenvalue weighted by Crippen LogP contribution is 2.38. The molecule has 1 saturated heterocycles. The summed E-state index contributed by atoms with van der Waals surface area (Å²) in [6, 6.07) is 0.326. The lowest BCUT2D eigenvalue weighted by Gasteiger charge is -2.45. The Morgan fingerprint density at radius 3 is 2.94 bits per heavy atom. The highest BCUT2D eigenvalue weighted by molar-refractivity contribution is 5.31. The van der Waals surface area contributed by atoms with Crippen LogP contribution in [0.15, 0.2) is 12.4 Å². The Labute approximate surface area is 94.4 Å². The van der Waals surface area contributed by atoms with Crippen LogP contribution in [0.25, 0.3) is 0 Å². The fourth-order valence-corrected chi connectivity index (χ4v) is 2.54. The van der Waals surface area contributed by atoms with Crippen LogP contribution < -0.4 is 11.1 Å². The van der Waals surface area contributed by atoms with Gasteiger partial charge in [-0.15, -0.1) is 0 Å². The summed E-state index contributed by atoms with van der Waals surface area (Å²) in [7, 11) is 0. The summed E-state index contributed by atoms with van der Waals surface area (Å²) < 4.78 is 5.63. The quantitative estimate of drug-likeness (QED) is 0.750. The van der Waals surface area contributed by atoms with Gasteiger partial charge in [0.15, 0.2) is 0 Å². The summed E-state index contributed by atoms with van der Waals surface area (Å²) in [5.74, 6) is 1.16. The lowest BCUT2D eigenvalue weighted by Crippen LogP contribution is -2.65. The fraction of sp³-hybridized carbons (Fsp3) is 0.636. The highest BCUT2D eigenvalue weighted by Gasteiger charge is 2.52. The molecular formula is C11H16N4O. The van der Waals surface area contributed by atoms with E-state index in [9.17, 15) is 0 Å². The molecule has 0 bridgehead atoms. The molecule has 2 aliphatic rings. The smallest absolute Gasteiger partial charge is 0.222 e. The molecule has 4 unspecified atom stereocenters. The molecule has 0 amide bonds. The van der Waals surface area contributed by atoms with Gasteiger partial charge in [0.1, 0.15) is 0 Å². The summed E-state index contributed by atoms with van der Waals surface area (Å²) in [6.07, 6.45) is 4.93. The van der Waals surface area contributed by atoms with Gasteiger partial charge in [0.25, 0.3) is 0 Å². The molecule has 1 aliphatic carbocycles. The maximum atomic E-state index is 6.09. The molecule has 16 heavy (non-hydrogen) atoms. The molecule has 4 atom stereocenters. The Morgan fingerprint density at radius 2 is 2.19 bits per heavy atom. The summed E-state index contributed by atoms with van der Waals surface area (Å²) in [6.45, 7) is 2.80. The molecule has 2 heterocycles. The van der Waals surface area contributed by atoms with E-state index in [0.29, 0.717) is 11.9 Å². The Kier molecular flexibility index (Phi) is 2.29. The maximum Gasteiger partial charge on any atom is 0.222 e. The van der Waals surface area contributed by atoms with Gasteiger partial charge in [0.2, 0.25) is 5.95 Å². The van der Waals surface area contributed by atoms with Crippen molar-refractivity contribution in [1.29, 1.82) is 0 Å². The second-order valence-electron chi connectivity index (χ2n) is 4.62. The lowest BCUT2D eigenvalue weighted by atomic mass is 9.72. The van der Waals surface area contributed by atoms with Crippen LogP contribution in [-0.4, -0.2) is 34.8 Å². The van der Waals surface area contributed by atoms with Crippen LogP contribution >= 0.6 is 0 Å². The van der Waals surface area contributed by atoms with Gasteiger partial charge < -0.3 is 15.8 Å². The van der Waals surface area contributed by atoms with Crippen molar-refractivity contribution in [2.45, 2.75) is 31.5 Å². The van der Waals surface area contributed by atoms with Crippen molar-refractivity contribution < 1.29 is 4.74 Å². The van der Waals surface area contributed by atoms with E-state index in [2.05, 4.69) is 15.3 Å². The number of anilines is 1. The van der Waals surface area contributed by atoms with Crippen LogP contribution in [0, 0.1) is 12.8 Å². The summed E-state index contributed by atoms with van der Waals surface area (Å²) in [5, 5.41) is 3.25. The van der Waals surface area contributed by atoms with Crippen molar-refractivity contribution in [1.82, 2.24) is 9.97 Å². The van der Waals surface area contributed by atoms with Crippen molar-refractivity contribution >= 4 is 5.95 Å². The minimum absolute atomic E-state index is 0.162. The van der Waals surface area contributed by atoms with E-state index in [1.807, 2.05) is 6.92 Å². The first-order valence-corrected chi connectivity index (χ1v) is 5.68. The topological polar surface area (TPSA) is 73.1 Å². The molecule has 0 spiro atoms. The third-order valence-electron chi connectivity index (χ3n) is 3.52. The number of aromatic nitrogens is 2. The van der Waals surface area contributed by atoms with Gasteiger partial charge in [-0.05, 0) is 18.9 Å². The lowest BCUT2D eigenvalue weighted by molar-refractivity contribution is 0.00509. The van der Waals surface area contributed by atoms with Crippen molar-refractivity contribution in [2.24, 2.45) is 11.7 Å². The number of ether oxygens (including phenoxy) is 1. The molecule has 1 aromatic heterocycles. The first kappa shape index (κ1) is 9.99. The maximum absolute atomic E-state index is 6.09. The van der Waals surface area contributed by atoms with Crippen LogP contribution in [0.2, 0.25) is 0 Å². The molecule has 5 heteroatoms. The summed E-state index contributed by atoms with van der Waals surface area (Å²) in [4.78, 5) is 8.43. The zero-order valence-electron chi connectivity index (χ0n) is 9.26. The predicted octanol–water partition coefficient (Wildman–Crippen LogP) is 0.312. The number of nitrogens with zero attached hydrogens (tertiary/aromatic N) is 2. The van der Waals surface area contributed by atoms with Gasteiger partial charge in [0, 0.05) is 31.0 Å². The van der Waals surface area contributed by atoms with Crippen molar-refractivity contribution in [3.8, 4) is 0 Å². The van der Waals surface area contributed by atoms with Crippen molar-refractivity contribution in [2.75, 3.05) is 11.9 Å². The zero-order valence-corrected chi connectivity index (χ0v) is 9.26. The minimum atomic E-state index is 0.162. The van der Waals surface area contributed by atoms with Crippen LogP contribution in [0.5, 0.6) is 0 Å². The second-order valence-corrected chi connectivity index (χ2v) is 4.62. The third kappa shape index (κ3) is 1.47. The molecular weight excluding hydrogens is 204 g/mol. The van der Waals surface area contributed by atoms with Gasteiger partial charge in [-0.1, -0.05) is 0 Å². The minimum Gasteiger partial charge on any atom is -0.376 e. The first-order valence-electron chi connectivity index (χ1n) is 5.68. The van der Waals surface area contributed by atoms with Crippen LogP contribution in [0.1, 0.15) is 12.0 Å². The van der Waals surface area contributed by atoms with Gasteiger partial charge in [-0.25, -0.2) is 9.97 Å². The first-order chi connectivity index (χ1) is 7.75. The number of nitrogens with one attached hydrogen (secondary N) is 1. The molecule has 0 radical (unpaired) electrons. The molecule has 1 saturated carbocycles. The van der Waals surface area contributed by atoms with E-state index in [0.717, 1.165) is 18.6 Å². The standard InChI is InChI=1S/C11H16N4O/c1-6-4-13-11(14-5-6)15-9-8(12)7-2-3-16-10(7)9/h4-5,7-10H,2-3,12H2,1H3,(H,13,14,15). The molecule has 1 aliphatic heterocycles. The average Bonchev–Trinajstić information content (AvgIpc) is 2.73. The van der Waals surface area contributed by atoms with Crippen LogP contribution in [-0.2, 0) is 4.74 Å². The zero-order chi connectivity index (χ0) is 11.1. The number of hydrogen-bond acceptors (Lipinski definition) is 5. The molecule has 1 aromatic rings. The molecule has 5 nitrogen and oxygen atoms in total. The van der Waals surface area contributed by atoms with Gasteiger partial charge in [0.05, 0.1) is 12.1 Å². The average molecular weight is 220 g/mol. The molecule has 86 valence electrons. The van der Waals surface area contributed by atoms with Gasteiger partial charge in [-0.2, -0.15) is 0 Å². The number of aryl methyl sites for hydroxylation is 1. The Balaban J connectivity index is 1.69. The van der Waals surface area contributed by atoms with Gasteiger partial charge in [-0.3, -0.25) is 0 Å². The van der Waals surface area contributed by atoms with Crippen LogP contribution in [0.4, 0.5) is 5.95 Å². The second kappa shape index (κ2) is 3.68. The number of hydrogen-bond donors (Lipinski definition) is 2. The van der Waals surface area contributed by atoms with E-state index in [1.165, 1.54) is 0 Å². The van der Waals surface area contributed by atoms with E-state index in [-0.39, 0.29) is 18.2 Å². The van der Waals surface area contributed by atoms with Crippen LogP contribution in [0.3, 0.4) is 0 Å². The van der Waals surface area contributed by atoms with E-state index >= 15 is 0 Å². The molecule has 0 aromatic carbocycles. The fourth-order valence-electron chi connectivity index (χ4n) is 2.54. The van der Waals surface area contributed by atoms with Crippen molar-refractivity contribution in [3.63, 3.8) is 0 Å². The van der Waals surface area contributed by atoms with E-state index < -0.39 is 0 Å². The SMILES string of the molecule is Cc1cnc(NC2C(N)C3CCOC32)nc1. The Morgan fingerprint density at radius 1 is 1.44 bits per heavy atom. The normalized spacial score (nSPS) is 36.6. The monoisotopic (exact) mass is 220 g/mol. The summed E-state index contributed by atoms with van der Waals surface area (Å²) in [5.41, 5.74) is 7.14. The van der Waals surface area contributed by atoms with Gasteiger partial charge >= 0.3 is 0 Å². The number of rotatable bonds is 2. The van der Waals surface area contributed by atoms with E-state index in [4.69, 9.17) is 10.5 Å². The molecule has 2 fully saturated rings. The Bertz CT molecular complexity index is 380. The number of nitrogens with two attached hydrogens (primary N) is 1. The van der Waals surface area contributed by atoms with E-state index in [1.54, 1.807) is 12.4 Å². The van der Waals surface area contributed by atoms with Crippen molar-refractivity contribution in [3.05, 3.63) is 18.0 Å². The molecule has 3 rings (SSSR count). The highest BCUT2D eigenvalue weighted by atomic mass is 16.5. The predicted molar refractivity (Wildman–Crippen MR) is 60.0 cm³/mol. The Hall–Kier alpha value is -1.20.